The quantitative estimate of drug-likeness (QED) is 0.374. The van der Waals surface area contributed by atoms with E-state index < -0.39 is 17.7 Å². The minimum Gasteiger partial charge on any atom is -0.507 e. The molecule has 31 heavy (non-hydrogen) atoms. The molecule has 1 aliphatic rings. The van der Waals surface area contributed by atoms with Crippen molar-refractivity contribution < 1.29 is 19.4 Å². The molecule has 0 radical (unpaired) electrons. The summed E-state index contributed by atoms with van der Waals surface area (Å²) in [6, 6.07) is 21.1. The summed E-state index contributed by atoms with van der Waals surface area (Å²) >= 11 is 0. The van der Waals surface area contributed by atoms with E-state index in [2.05, 4.69) is 0 Å². The highest BCUT2D eigenvalue weighted by Crippen LogP contribution is 2.43. The molecule has 1 fully saturated rings. The maximum atomic E-state index is 13.2. The number of rotatable bonds is 4. The molecule has 0 aliphatic carbocycles. The van der Waals surface area contributed by atoms with Crippen LogP contribution in [0, 0.1) is 13.8 Å². The van der Waals surface area contributed by atoms with Gasteiger partial charge in [-0.25, -0.2) is 0 Å². The second-order valence-corrected chi connectivity index (χ2v) is 7.60. The first-order valence-electron chi connectivity index (χ1n) is 10.00. The van der Waals surface area contributed by atoms with E-state index >= 15 is 0 Å². The van der Waals surface area contributed by atoms with E-state index in [1.54, 1.807) is 31.4 Å². The lowest BCUT2D eigenvalue weighted by atomic mass is 9.93. The Hall–Kier alpha value is -3.86. The van der Waals surface area contributed by atoms with E-state index in [9.17, 15) is 14.7 Å². The third-order valence-electron chi connectivity index (χ3n) is 5.54. The summed E-state index contributed by atoms with van der Waals surface area (Å²) in [5, 5.41) is 11.3. The Morgan fingerprint density at radius 2 is 1.68 bits per heavy atom. The van der Waals surface area contributed by atoms with Gasteiger partial charge in [-0.15, -0.1) is 0 Å². The molecule has 156 valence electrons. The molecule has 1 atom stereocenters. The molecular formula is C26H23NO4. The molecule has 0 bridgehead atoms. The average Bonchev–Trinajstić information content (AvgIpc) is 3.06. The molecule has 4 rings (SSSR count). The zero-order valence-electron chi connectivity index (χ0n) is 17.6. The van der Waals surface area contributed by atoms with Crippen LogP contribution in [-0.4, -0.2) is 23.9 Å². The number of hydrogen-bond acceptors (Lipinski definition) is 4. The van der Waals surface area contributed by atoms with Gasteiger partial charge < -0.3 is 9.84 Å². The zero-order valence-corrected chi connectivity index (χ0v) is 17.6. The van der Waals surface area contributed by atoms with Crippen LogP contribution in [0.25, 0.3) is 5.76 Å². The van der Waals surface area contributed by atoms with Crippen molar-refractivity contribution in [1.82, 2.24) is 0 Å². The predicted molar refractivity (Wildman–Crippen MR) is 120 cm³/mol. The predicted octanol–water partition coefficient (Wildman–Crippen LogP) is 4.94. The SMILES string of the molecule is COc1cccc(N2C(=O)C(=O)/C(=C(/O)c3cc(C)ccc3C)C2c2ccccc2)c1. The normalized spacial score (nSPS) is 17.8. The number of hydrogen-bond donors (Lipinski definition) is 1. The Labute approximate surface area is 181 Å². The number of amides is 1. The van der Waals surface area contributed by atoms with Crippen LogP contribution in [0.4, 0.5) is 5.69 Å². The number of anilines is 1. The van der Waals surface area contributed by atoms with E-state index in [1.165, 1.54) is 4.90 Å². The Morgan fingerprint density at radius 3 is 2.39 bits per heavy atom. The lowest BCUT2D eigenvalue weighted by molar-refractivity contribution is -0.132. The maximum absolute atomic E-state index is 13.2. The number of nitrogens with zero attached hydrogens (tertiary/aromatic N) is 1. The van der Waals surface area contributed by atoms with Crippen LogP contribution < -0.4 is 9.64 Å². The number of aliphatic hydroxyl groups excluding tert-OH is 1. The number of benzene rings is 3. The van der Waals surface area contributed by atoms with Crippen molar-refractivity contribution in [2.24, 2.45) is 0 Å². The summed E-state index contributed by atoms with van der Waals surface area (Å²) in [5.41, 5.74) is 3.65. The highest BCUT2D eigenvalue weighted by molar-refractivity contribution is 6.51. The van der Waals surface area contributed by atoms with Crippen LogP contribution in [0.5, 0.6) is 5.75 Å². The molecule has 0 aromatic heterocycles. The molecule has 5 nitrogen and oxygen atoms in total. The van der Waals surface area contributed by atoms with Crippen molar-refractivity contribution in [2.45, 2.75) is 19.9 Å². The minimum atomic E-state index is -0.756. The van der Waals surface area contributed by atoms with Gasteiger partial charge in [0.05, 0.1) is 18.7 Å². The molecule has 1 saturated heterocycles. The molecule has 3 aromatic rings. The van der Waals surface area contributed by atoms with Crippen molar-refractivity contribution in [1.29, 1.82) is 0 Å². The summed E-state index contributed by atoms with van der Waals surface area (Å²) < 4.78 is 5.31. The van der Waals surface area contributed by atoms with Crippen LogP contribution in [-0.2, 0) is 9.59 Å². The van der Waals surface area contributed by atoms with Gasteiger partial charge in [0.2, 0.25) is 0 Å². The van der Waals surface area contributed by atoms with Crippen molar-refractivity contribution in [2.75, 3.05) is 12.0 Å². The van der Waals surface area contributed by atoms with Gasteiger partial charge in [-0.3, -0.25) is 14.5 Å². The lowest BCUT2D eigenvalue weighted by Crippen LogP contribution is -2.29. The Bertz CT molecular complexity index is 1200. The van der Waals surface area contributed by atoms with Crippen LogP contribution in [0.15, 0.2) is 78.4 Å². The van der Waals surface area contributed by atoms with Crippen LogP contribution in [0.1, 0.15) is 28.3 Å². The fraction of sp³-hybridized carbons (Fsp3) is 0.154. The molecular weight excluding hydrogens is 390 g/mol. The Kier molecular flexibility index (Phi) is 5.34. The fourth-order valence-electron chi connectivity index (χ4n) is 3.95. The maximum Gasteiger partial charge on any atom is 0.300 e. The number of aliphatic hydroxyl groups is 1. The first-order chi connectivity index (χ1) is 14.9. The molecule has 3 aromatic carbocycles. The number of ketones is 1. The van der Waals surface area contributed by atoms with Crippen LogP contribution in [0.3, 0.4) is 0 Å². The van der Waals surface area contributed by atoms with E-state index in [4.69, 9.17) is 4.74 Å². The second-order valence-electron chi connectivity index (χ2n) is 7.60. The standard InChI is InChI=1S/C26H23NO4/c1-16-12-13-17(2)21(14-16)24(28)22-23(18-8-5-4-6-9-18)27(26(30)25(22)29)19-10-7-11-20(15-19)31-3/h4-15,23,28H,1-3H3/b24-22+. The Balaban J connectivity index is 1.97. The molecule has 1 N–H and O–H groups in total. The van der Waals surface area contributed by atoms with Crippen molar-refractivity contribution in [3.63, 3.8) is 0 Å². The number of carbonyl (C=O) groups excluding carboxylic acids is 2. The van der Waals surface area contributed by atoms with Gasteiger partial charge in [0.1, 0.15) is 11.5 Å². The summed E-state index contributed by atoms with van der Waals surface area (Å²) in [6.07, 6.45) is 0. The van der Waals surface area contributed by atoms with Crippen molar-refractivity contribution in [3.8, 4) is 5.75 Å². The van der Waals surface area contributed by atoms with Gasteiger partial charge in [0, 0.05) is 17.3 Å². The molecule has 0 saturated carbocycles. The number of carbonyl (C=O) groups is 2. The molecule has 1 heterocycles. The zero-order chi connectivity index (χ0) is 22.1. The number of Topliss-reactive ketones (excluding diaryl/α,β-unsaturated/α-hetero) is 1. The van der Waals surface area contributed by atoms with Crippen LogP contribution >= 0.6 is 0 Å². The smallest absolute Gasteiger partial charge is 0.300 e. The molecule has 0 spiro atoms. The average molecular weight is 413 g/mol. The molecule has 1 unspecified atom stereocenters. The molecule has 5 heteroatoms. The molecule has 1 amide bonds. The van der Waals surface area contributed by atoms with E-state index in [1.807, 2.05) is 62.4 Å². The lowest BCUT2D eigenvalue weighted by Gasteiger charge is -2.26. The first kappa shape index (κ1) is 20.4. The summed E-state index contributed by atoms with van der Waals surface area (Å²) in [6.45, 7) is 3.78. The van der Waals surface area contributed by atoms with Crippen LogP contribution in [0.2, 0.25) is 0 Å². The highest BCUT2D eigenvalue weighted by atomic mass is 16.5. The first-order valence-corrected chi connectivity index (χ1v) is 10.00. The van der Waals surface area contributed by atoms with Crippen molar-refractivity contribution in [3.05, 3.63) is 101 Å². The summed E-state index contributed by atoms with van der Waals surface area (Å²) in [7, 11) is 1.54. The highest BCUT2D eigenvalue weighted by Gasteiger charge is 2.47. The third kappa shape index (κ3) is 3.59. The number of ether oxygens (including phenoxy) is 1. The van der Waals surface area contributed by atoms with E-state index in [-0.39, 0.29) is 11.3 Å². The van der Waals surface area contributed by atoms with Gasteiger partial charge in [-0.05, 0) is 43.2 Å². The number of aryl methyl sites for hydroxylation is 2. The van der Waals surface area contributed by atoms with Gasteiger partial charge >= 0.3 is 0 Å². The van der Waals surface area contributed by atoms with Crippen molar-refractivity contribution >= 4 is 23.1 Å². The van der Waals surface area contributed by atoms with Gasteiger partial charge in [-0.1, -0.05) is 54.1 Å². The van der Waals surface area contributed by atoms with Gasteiger partial charge in [0.15, 0.2) is 0 Å². The summed E-state index contributed by atoms with van der Waals surface area (Å²) in [5.74, 6) is -0.997. The molecule has 1 aliphatic heterocycles. The third-order valence-corrected chi connectivity index (χ3v) is 5.54. The minimum absolute atomic E-state index is 0.0766. The fourth-order valence-corrected chi connectivity index (χ4v) is 3.95. The van der Waals surface area contributed by atoms with E-state index in [0.717, 1.165) is 16.7 Å². The second kappa shape index (κ2) is 8.11. The largest absolute Gasteiger partial charge is 0.507 e. The monoisotopic (exact) mass is 413 g/mol. The van der Waals surface area contributed by atoms with Gasteiger partial charge in [0.25, 0.3) is 11.7 Å². The number of methoxy groups -OCH3 is 1. The van der Waals surface area contributed by atoms with Gasteiger partial charge in [-0.2, -0.15) is 0 Å². The topological polar surface area (TPSA) is 66.8 Å². The van der Waals surface area contributed by atoms with E-state index in [0.29, 0.717) is 17.0 Å². The Morgan fingerprint density at radius 1 is 0.935 bits per heavy atom. The summed E-state index contributed by atoms with van der Waals surface area (Å²) in [4.78, 5) is 27.8.